The van der Waals surface area contributed by atoms with Gasteiger partial charge in [0.15, 0.2) is 0 Å². The fourth-order valence-electron chi connectivity index (χ4n) is 2.33. The number of amides is 1. The highest BCUT2D eigenvalue weighted by Crippen LogP contribution is 2.26. The summed E-state index contributed by atoms with van der Waals surface area (Å²) in [5.41, 5.74) is -0.635. The van der Waals surface area contributed by atoms with E-state index >= 15 is 0 Å². The van der Waals surface area contributed by atoms with Crippen LogP contribution in [-0.2, 0) is 0 Å². The van der Waals surface area contributed by atoms with E-state index < -0.39 is 11.4 Å². The molecule has 100 valence electrons. The fraction of sp³-hybridized carbons (Fsp3) is 0.538. The maximum absolute atomic E-state index is 12.1. The highest BCUT2D eigenvalue weighted by atomic mass is 35.5. The summed E-state index contributed by atoms with van der Waals surface area (Å²) in [5.74, 6) is -0.390. The van der Waals surface area contributed by atoms with Crippen LogP contribution in [0.2, 0.25) is 5.15 Å². The Bertz CT molecular complexity index is 504. The highest BCUT2D eigenvalue weighted by Gasteiger charge is 2.33. The first-order valence-electron chi connectivity index (χ1n) is 6.36. The van der Waals surface area contributed by atoms with E-state index in [9.17, 15) is 10.1 Å². The molecule has 19 heavy (non-hydrogen) atoms. The summed E-state index contributed by atoms with van der Waals surface area (Å²) in [4.78, 5) is 19.9. The van der Waals surface area contributed by atoms with Crippen molar-refractivity contribution in [3.63, 3.8) is 0 Å². The van der Waals surface area contributed by atoms with E-state index in [1.54, 1.807) is 0 Å². The molecule has 1 amide bonds. The fourth-order valence-corrected chi connectivity index (χ4v) is 2.48. The number of nitrogens with zero attached hydrogens (tertiary/aromatic N) is 3. The van der Waals surface area contributed by atoms with Crippen molar-refractivity contribution in [2.24, 2.45) is 0 Å². The molecule has 0 bridgehead atoms. The Balaban J connectivity index is 2.14. The number of nitriles is 1. The summed E-state index contributed by atoms with van der Waals surface area (Å²) in [6.07, 6.45) is 8.20. The van der Waals surface area contributed by atoms with Crippen LogP contribution < -0.4 is 5.32 Å². The Labute approximate surface area is 117 Å². The third kappa shape index (κ3) is 3.42. The highest BCUT2D eigenvalue weighted by molar-refractivity contribution is 6.29. The summed E-state index contributed by atoms with van der Waals surface area (Å²) in [6.45, 7) is 0. The molecule has 2 rings (SSSR count). The summed E-state index contributed by atoms with van der Waals surface area (Å²) in [5, 5.41) is 12.4. The number of hydrogen-bond donors (Lipinski definition) is 1. The molecule has 1 fully saturated rings. The first-order valence-corrected chi connectivity index (χ1v) is 6.74. The number of rotatable bonds is 2. The second kappa shape index (κ2) is 5.98. The predicted molar refractivity (Wildman–Crippen MR) is 70.6 cm³/mol. The molecular weight excluding hydrogens is 264 g/mol. The van der Waals surface area contributed by atoms with E-state index in [-0.39, 0.29) is 10.8 Å². The van der Waals surface area contributed by atoms with Gasteiger partial charge in [0.1, 0.15) is 16.4 Å². The Hall–Kier alpha value is -1.67. The monoisotopic (exact) mass is 278 g/mol. The van der Waals surface area contributed by atoms with E-state index in [2.05, 4.69) is 21.4 Å². The molecule has 1 aromatic heterocycles. The van der Waals surface area contributed by atoms with Crippen molar-refractivity contribution in [1.29, 1.82) is 5.26 Å². The molecule has 1 N–H and O–H groups in total. The molecule has 1 aliphatic rings. The van der Waals surface area contributed by atoms with Crippen molar-refractivity contribution < 1.29 is 4.79 Å². The molecule has 6 heteroatoms. The van der Waals surface area contributed by atoms with E-state index in [1.807, 2.05) is 0 Å². The minimum absolute atomic E-state index is 0.145. The minimum atomic E-state index is -0.780. The predicted octanol–water partition coefficient (Wildman–Crippen LogP) is 2.48. The van der Waals surface area contributed by atoms with E-state index in [0.717, 1.165) is 25.7 Å². The molecule has 0 aromatic carbocycles. The summed E-state index contributed by atoms with van der Waals surface area (Å²) in [6, 6.07) is 2.26. The van der Waals surface area contributed by atoms with Gasteiger partial charge in [-0.25, -0.2) is 4.98 Å². The Kier molecular flexibility index (Phi) is 4.33. The van der Waals surface area contributed by atoms with Crippen LogP contribution in [-0.4, -0.2) is 21.4 Å². The maximum Gasteiger partial charge on any atom is 0.272 e. The van der Waals surface area contributed by atoms with Gasteiger partial charge in [-0.1, -0.05) is 37.3 Å². The molecule has 1 aromatic rings. The van der Waals surface area contributed by atoms with E-state index in [1.165, 1.54) is 12.4 Å². The van der Waals surface area contributed by atoms with E-state index in [4.69, 9.17) is 11.6 Å². The van der Waals surface area contributed by atoms with Gasteiger partial charge in [0.25, 0.3) is 5.91 Å². The number of carbonyl (C=O) groups excluding carboxylic acids is 1. The van der Waals surface area contributed by atoms with Crippen LogP contribution in [0.1, 0.15) is 49.0 Å². The molecule has 0 radical (unpaired) electrons. The van der Waals surface area contributed by atoms with Gasteiger partial charge in [0.05, 0.1) is 18.5 Å². The van der Waals surface area contributed by atoms with Gasteiger partial charge in [-0.3, -0.25) is 9.78 Å². The van der Waals surface area contributed by atoms with Crippen LogP contribution in [0.15, 0.2) is 12.4 Å². The van der Waals surface area contributed by atoms with Crippen molar-refractivity contribution in [2.45, 2.75) is 44.1 Å². The lowest BCUT2D eigenvalue weighted by Gasteiger charge is -2.25. The van der Waals surface area contributed by atoms with Crippen molar-refractivity contribution in [3.05, 3.63) is 23.2 Å². The van der Waals surface area contributed by atoms with Crippen LogP contribution in [0.3, 0.4) is 0 Å². The van der Waals surface area contributed by atoms with Crippen molar-refractivity contribution in [2.75, 3.05) is 0 Å². The van der Waals surface area contributed by atoms with Crippen molar-refractivity contribution >= 4 is 17.5 Å². The standard InChI is InChI=1S/C13H15ClN4O/c14-11-8-16-7-10(17-11)12(19)18-13(9-15)5-3-1-2-4-6-13/h7-8H,1-6H2,(H,18,19). The molecule has 1 saturated carbocycles. The van der Waals surface area contributed by atoms with Gasteiger partial charge in [0, 0.05) is 0 Å². The topological polar surface area (TPSA) is 78.7 Å². The van der Waals surface area contributed by atoms with Crippen LogP contribution in [0, 0.1) is 11.3 Å². The summed E-state index contributed by atoms with van der Waals surface area (Å²) >= 11 is 5.71. The average molecular weight is 279 g/mol. The molecule has 0 atom stereocenters. The van der Waals surface area contributed by atoms with Crippen molar-refractivity contribution in [3.8, 4) is 6.07 Å². The molecular formula is C13H15ClN4O. The largest absolute Gasteiger partial charge is 0.332 e. The Morgan fingerprint density at radius 2 is 2.00 bits per heavy atom. The lowest BCUT2D eigenvalue weighted by atomic mass is 9.92. The first-order chi connectivity index (χ1) is 9.15. The van der Waals surface area contributed by atoms with Crippen LogP contribution in [0.25, 0.3) is 0 Å². The normalized spacial score (nSPS) is 18.1. The third-order valence-corrected chi connectivity index (χ3v) is 3.54. The zero-order valence-electron chi connectivity index (χ0n) is 10.5. The first kappa shape index (κ1) is 13.8. The van der Waals surface area contributed by atoms with Crippen LogP contribution in [0.4, 0.5) is 0 Å². The number of carbonyl (C=O) groups is 1. The Morgan fingerprint density at radius 3 is 2.58 bits per heavy atom. The molecule has 0 unspecified atom stereocenters. The van der Waals surface area contributed by atoms with E-state index in [0.29, 0.717) is 12.8 Å². The molecule has 5 nitrogen and oxygen atoms in total. The molecule has 0 spiro atoms. The quantitative estimate of drug-likeness (QED) is 0.843. The zero-order chi connectivity index (χ0) is 13.7. The van der Waals surface area contributed by atoms with Crippen LogP contribution in [0.5, 0.6) is 0 Å². The average Bonchev–Trinajstić information content (AvgIpc) is 2.65. The van der Waals surface area contributed by atoms with Gasteiger partial charge < -0.3 is 5.32 Å². The molecule has 0 aliphatic heterocycles. The number of halogens is 1. The van der Waals surface area contributed by atoms with Gasteiger partial charge in [-0.05, 0) is 12.8 Å². The molecule has 0 saturated heterocycles. The number of hydrogen-bond acceptors (Lipinski definition) is 4. The lowest BCUT2D eigenvalue weighted by molar-refractivity contribution is 0.0907. The van der Waals surface area contributed by atoms with Gasteiger partial charge >= 0.3 is 0 Å². The number of aromatic nitrogens is 2. The molecule has 1 heterocycles. The van der Waals surface area contributed by atoms with Crippen LogP contribution >= 0.6 is 11.6 Å². The second-order valence-electron chi connectivity index (χ2n) is 4.79. The van der Waals surface area contributed by atoms with Crippen molar-refractivity contribution in [1.82, 2.24) is 15.3 Å². The zero-order valence-corrected chi connectivity index (χ0v) is 11.3. The summed E-state index contributed by atoms with van der Waals surface area (Å²) in [7, 11) is 0. The van der Waals surface area contributed by atoms with Gasteiger partial charge in [-0.15, -0.1) is 0 Å². The third-order valence-electron chi connectivity index (χ3n) is 3.36. The SMILES string of the molecule is N#CC1(NC(=O)c2cncc(Cl)n2)CCCCCC1. The van der Waals surface area contributed by atoms with Gasteiger partial charge in [-0.2, -0.15) is 5.26 Å². The molecule has 1 aliphatic carbocycles. The second-order valence-corrected chi connectivity index (χ2v) is 5.18. The van der Waals surface area contributed by atoms with Gasteiger partial charge in [0.2, 0.25) is 0 Å². The smallest absolute Gasteiger partial charge is 0.272 e. The number of nitrogens with one attached hydrogen (secondary N) is 1. The summed E-state index contributed by atoms with van der Waals surface area (Å²) < 4.78 is 0. The Morgan fingerprint density at radius 1 is 1.32 bits per heavy atom. The minimum Gasteiger partial charge on any atom is -0.332 e. The maximum atomic E-state index is 12.1. The lowest BCUT2D eigenvalue weighted by Crippen LogP contribution is -2.47.